The van der Waals surface area contributed by atoms with Gasteiger partial charge in [0.15, 0.2) is 0 Å². The molecule has 0 fully saturated rings. The van der Waals surface area contributed by atoms with Crippen LogP contribution in [0.25, 0.3) is 0 Å². The Morgan fingerprint density at radius 1 is 1.57 bits per heavy atom. The first-order valence-electron chi connectivity index (χ1n) is 3.91. The van der Waals surface area contributed by atoms with E-state index in [2.05, 4.69) is 20.8 Å². The van der Waals surface area contributed by atoms with Crippen LogP contribution in [0.3, 0.4) is 0 Å². The zero-order valence-corrected chi connectivity index (χ0v) is 7.99. The van der Waals surface area contributed by atoms with Crippen LogP contribution in [0.5, 0.6) is 0 Å². The van der Waals surface area contributed by atoms with Gasteiger partial charge in [-0.3, -0.25) is 15.7 Å². The van der Waals surface area contributed by atoms with Crippen LogP contribution in [0.4, 0.5) is 0 Å². The molecule has 8 heteroatoms. The number of rotatable bonds is 5. The molecule has 0 spiro atoms. The average molecular weight is 200 g/mol. The van der Waals surface area contributed by atoms with Gasteiger partial charge in [0.25, 0.3) is 0 Å². The van der Waals surface area contributed by atoms with Gasteiger partial charge in [-0.15, -0.1) is 0 Å². The van der Waals surface area contributed by atoms with Crippen LogP contribution < -0.4 is 27.9 Å². The second-order valence-corrected chi connectivity index (χ2v) is 2.48. The largest absolute Gasteiger partial charge is 0.369 e. The highest BCUT2D eigenvalue weighted by atomic mass is 15.3. The van der Waals surface area contributed by atoms with Crippen LogP contribution in [-0.4, -0.2) is 30.8 Å². The molecule has 0 aromatic carbocycles. The molecular formula is C6H16N8. The first-order valence-corrected chi connectivity index (χ1v) is 3.91. The predicted molar refractivity (Wildman–Crippen MR) is 56.8 cm³/mol. The molecule has 0 saturated heterocycles. The van der Waals surface area contributed by atoms with Gasteiger partial charge in [0, 0.05) is 6.21 Å². The molecule has 0 unspecified atom stereocenters. The molecule has 0 aromatic heterocycles. The summed E-state index contributed by atoms with van der Waals surface area (Å²) in [4.78, 5) is 3.91. The van der Waals surface area contributed by atoms with E-state index in [1.165, 1.54) is 6.21 Å². The van der Waals surface area contributed by atoms with Crippen LogP contribution in [-0.2, 0) is 0 Å². The van der Waals surface area contributed by atoms with Gasteiger partial charge in [-0.25, -0.2) is 5.43 Å². The quantitative estimate of drug-likeness (QED) is 0.127. The molecule has 0 rings (SSSR count). The number of hydrogen-bond donors (Lipinski definition) is 6. The zero-order chi connectivity index (χ0) is 11.0. The van der Waals surface area contributed by atoms with E-state index < -0.39 is 6.29 Å². The normalized spacial score (nSPS) is 12.4. The van der Waals surface area contributed by atoms with Gasteiger partial charge >= 0.3 is 0 Å². The molecule has 8 nitrogen and oxygen atoms in total. The molecule has 0 aliphatic rings. The van der Waals surface area contributed by atoms with E-state index in [1.54, 1.807) is 6.92 Å². The van der Waals surface area contributed by atoms with E-state index in [9.17, 15) is 0 Å². The third kappa shape index (κ3) is 8.59. The average Bonchev–Trinajstić information content (AvgIpc) is 2.08. The minimum Gasteiger partial charge on any atom is -0.369 e. The lowest BCUT2D eigenvalue weighted by atomic mass is 10.5. The molecule has 0 bridgehead atoms. The third-order valence-electron chi connectivity index (χ3n) is 1.05. The highest BCUT2D eigenvalue weighted by Crippen LogP contribution is 1.71. The number of nitrogens with two attached hydrogens (primary N) is 3. The van der Waals surface area contributed by atoms with Crippen LogP contribution in [0.15, 0.2) is 10.1 Å². The summed E-state index contributed by atoms with van der Waals surface area (Å²) < 4.78 is 0. The van der Waals surface area contributed by atoms with Crippen molar-refractivity contribution in [2.24, 2.45) is 27.3 Å². The van der Waals surface area contributed by atoms with Crippen molar-refractivity contribution in [3.8, 4) is 0 Å². The molecule has 0 radical (unpaired) electrons. The van der Waals surface area contributed by atoms with Crippen molar-refractivity contribution < 1.29 is 0 Å². The summed E-state index contributed by atoms with van der Waals surface area (Å²) in [5, 5.41) is 13.2. The minimum atomic E-state index is -0.584. The summed E-state index contributed by atoms with van der Waals surface area (Å²) in [5.41, 5.74) is 18.3. The highest BCUT2D eigenvalue weighted by Gasteiger charge is 1.88. The van der Waals surface area contributed by atoms with Crippen molar-refractivity contribution >= 4 is 17.9 Å². The van der Waals surface area contributed by atoms with Crippen molar-refractivity contribution in [2.45, 2.75) is 13.2 Å². The number of hydrogen-bond acceptors (Lipinski definition) is 6. The number of hydrazone groups is 1. The van der Waals surface area contributed by atoms with Gasteiger partial charge in [-0.1, -0.05) is 0 Å². The lowest BCUT2D eigenvalue weighted by Crippen LogP contribution is -2.45. The maximum absolute atomic E-state index is 6.83. The van der Waals surface area contributed by atoms with Gasteiger partial charge in [0.2, 0.25) is 5.96 Å². The number of nitrogens with zero attached hydrogens (tertiary/aromatic N) is 2. The Morgan fingerprint density at radius 3 is 2.71 bits per heavy atom. The van der Waals surface area contributed by atoms with Crippen LogP contribution >= 0.6 is 0 Å². The fourth-order valence-electron chi connectivity index (χ4n) is 0.513. The van der Waals surface area contributed by atoms with Crippen molar-refractivity contribution in [3.05, 3.63) is 0 Å². The van der Waals surface area contributed by atoms with Crippen molar-refractivity contribution in [1.29, 1.82) is 5.41 Å². The Kier molecular flexibility index (Phi) is 6.20. The Morgan fingerprint density at radius 2 is 2.21 bits per heavy atom. The van der Waals surface area contributed by atoms with Gasteiger partial charge in [0.05, 0.1) is 12.4 Å². The molecule has 0 heterocycles. The molecule has 14 heavy (non-hydrogen) atoms. The number of aliphatic imine (C=N–C) groups is 1. The predicted octanol–water partition coefficient (Wildman–Crippen LogP) is -2.34. The first-order chi connectivity index (χ1) is 6.52. The minimum absolute atomic E-state index is 0.222. The highest BCUT2D eigenvalue weighted by molar-refractivity contribution is 6.29. The first kappa shape index (κ1) is 12.5. The van der Waals surface area contributed by atoms with E-state index in [1.807, 2.05) is 0 Å². The van der Waals surface area contributed by atoms with E-state index in [4.69, 9.17) is 22.6 Å². The summed E-state index contributed by atoms with van der Waals surface area (Å²) in [6.07, 6.45) is 0.922. The molecule has 9 N–H and O–H groups in total. The monoisotopic (exact) mass is 200 g/mol. The summed E-state index contributed by atoms with van der Waals surface area (Å²) in [5.74, 6) is -0.222. The van der Waals surface area contributed by atoms with Crippen LogP contribution in [0.2, 0.25) is 0 Å². The zero-order valence-electron chi connectivity index (χ0n) is 7.99. The smallest absolute Gasteiger partial charge is 0.206 e. The molecule has 80 valence electrons. The molecule has 0 atom stereocenters. The fraction of sp³-hybridized carbons (Fsp3) is 0.500. The Bertz CT molecular complexity index is 230. The number of guanidine groups is 1. The van der Waals surface area contributed by atoms with Gasteiger partial charge in [0.1, 0.15) is 6.29 Å². The molecule has 0 aromatic rings. The summed E-state index contributed by atoms with van der Waals surface area (Å²) in [6.45, 7) is 2.02. The second-order valence-electron chi connectivity index (χ2n) is 2.48. The van der Waals surface area contributed by atoms with Crippen molar-refractivity contribution in [1.82, 2.24) is 10.7 Å². The molecule has 0 amide bonds. The fourth-order valence-corrected chi connectivity index (χ4v) is 0.513. The Labute approximate surface area is 82.1 Å². The van der Waals surface area contributed by atoms with Gasteiger partial charge in [-0.05, 0) is 6.92 Å². The lowest BCUT2D eigenvalue weighted by molar-refractivity contribution is 0.559. The van der Waals surface area contributed by atoms with E-state index in [0.29, 0.717) is 12.4 Å². The topological polar surface area (TPSA) is 151 Å². The van der Waals surface area contributed by atoms with Crippen LogP contribution in [0.1, 0.15) is 6.92 Å². The standard InChI is InChI=1S/C6H16N8/c1-4(13-14-6(9)10)2-11-3-12-5(7)8/h2,5,12H,3,7-8H2,1H3,(H4,9,10,14)/b11-2-,13-4+. The summed E-state index contributed by atoms with van der Waals surface area (Å²) >= 11 is 0. The van der Waals surface area contributed by atoms with Crippen LogP contribution in [0, 0.1) is 5.41 Å². The summed E-state index contributed by atoms with van der Waals surface area (Å²) in [6, 6.07) is 0. The third-order valence-corrected chi connectivity index (χ3v) is 1.05. The van der Waals surface area contributed by atoms with Crippen molar-refractivity contribution in [3.63, 3.8) is 0 Å². The second kappa shape index (κ2) is 6.95. The molecule has 0 aliphatic carbocycles. The van der Waals surface area contributed by atoms with Crippen molar-refractivity contribution in [2.75, 3.05) is 6.67 Å². The van der Waals surface area contributed by atoms with E-state index in [-0.39, 0.29) is 5.96 Å². The number of nitrogens with one attached hydrogen (secondary N) is 3. The molecule has 0 aliphatic heterocycles. The van der Waals surface area contributed by atoms with Gasteiger partial charge < -0.3 is 17.2 Å². The SMILES string of the molecule is CC(/C=N\CNC(N)N)=N\NC(=N)N. The maximum Gasteiger partial charge on any atom is 0.206 e. The summed E-state index contributed by atoms with van der Waals surface area (Å²) in [7, 11) is 0. The Hall–Kier alpha value is -1.51. The lowest BCUT2D eigenvalue weighted by Gasteiger charge is -2.03. The van der Waals surface area contributed by atoms with E-state index >= 15 is 0 Å². The molecule has 0 saturated carbocycles. The maximum atomic E-state index is 6.83. The molecular weight excluding hydrogens is 184 g/mol. The van der Waals surface area contributed by atoms with E-state index in [0.717, 1.165) is 0 Å². The van der Waals surface area contributed by atoms with Gasteiger partial charge in [-0.2, -0.15) is 5.10 Å². The Balaban J connectivity index is 3.75.